The average Bonchev–Trinajstić information content (AvgIpc) is 2.48. The van der Waals surface area contributed by atoms with Crippen LogP contribution in [0.5, 0.6) is 5.75 Å². The molecule has 2 rings (SSSR count). The van der Waals surface area contributed by atoms with Gasteiger partial charge < -0.3 is 10.1 Å². The lowest BCUT2D eigenvalue weighted by molar-refractivity contribution is -0.385. The van der Waals surface area contributed by atoms with Crippen molar-refractivity contribution in [1.29, 1.82) is 0 Å². The molecule has 1 aromatic carbocycles. The smallest absolute Gasteiger partial charge is 0.311 e. The number of methoxy groups -OCH3 is 1. The number of para-hydroxylation sites is 1. The molecule has 1 N–H and O–H groups in total. The minimum atomic E-state index is -0.600. The molecular formula is C13H10BrN3O4. The fraction of sp³-hybridized carbons (Fsp3) is 0.0769. The molecule has 0 aliphatic heterocycles. The van der Waals surface area contributed by atoms with Crippen LogP contribution in [0.25, 0.3) is 0 Å². The summed E-state index contributed by atoms with van der Waals surface area (Å²) in [7, 11) is 1.28. The third-order valence-electron chi connectivity index (χ3n) is 2.62. The van der Waals surface area contributed by atoms with E-state index in [1.807, 2.05) is 0 Å². The molecule has 0 unspecified atom stereocenters. The average molecular weight is 352 g/mol. The van der Waals surface area contributed by atoms with E-state index >= 15 is 0 Å². The second-order valence-electron chi connectivity index (χ2n) is 3.94. The van der Waals surface area contributed by atoms with Crippen LogP contribution >= 0.6 is 15.9 Å². The van der Waals surface area contributed by atoms with Gasteiger partial charge in [0, 0.05) is 6.07 Å². The van der Waals surface area contributed by atoms with Crippen LogP contribution in [-0.2, 0) is 0 Å². The summed E-state index contributed by atoms with van der Waals surface area (Å²) in [6.07, 6.45) is 1.46. The van der Waals surface area contributed by atoms with Crippen molar-refractivity contribution >= 4 is 33.2 Å². The number of hydrogen-bond acceptors (Lipinski definition) is 5. The number of nitro benzene ring substituents is 1. The molecule has 0 saturated carbocycles. The van der Waals surface area contributed by atoms with Gasteiger partial charge in [-0.15, -0.1) is 0 Å². The van der Waals surface area contributed by atoms with Crippen LogP contribution in [0.2, 0.25) is 0 Å². The fourth-order valence-corrected chi connectivity index (χ4v) is 1.94. The zero-order valence-corrected chi connectivity index (χ0v) is 12.5. The molecule has 8 heteroatoms. The number of anilines is 1. The van der Waals surface area contributed by atoms with Gasteiger partial charge in [0.2, 0.25) is 5.75 Å². The van der Waals surface area contributed by atoms with Gasteiger partial charge in [-0.25, -0.2) is 4.98 Å². The molecule has 0 aliphatic rings. The van der Waals surface area contributed by atoms with Crippen molar-refractivity contribution in [2.45, 2.75) is 0 Å². The van der Waals surface area contributed by atoms with Gasteiger partial charge in [0.05, 0.1) is 29.5 Å². The van der Waals surface area contributed by atoms with Crippen LogP contribution in [0.1, 0.15) is 10.4 Å². The van der Waals surface area contributed by atoms with E-state index in [0.717, 1.165) is 0 Å². The molecule has 1 heterocycles. The number of hydrogen-bond donors (Lipinski definition) is 1. The standard InChI is InChI=1S/C13H10BrN3O4/c1-21-12-9(3-2-4-10(12)17(19)20)13(18)16-8-5-6-11(14)15-7-8/h2-7H,1H3,(H,16,18). The number of carbonyl (C=O) groups excluding carboxylic acids is 1. The van der Waals surface area contributed by atoms with E-state index in [4.69, 9.17) is 4.74 Å². The van der Waals surface area contributed by atoms with E-state index < -0.39 is 10.8 Å². The lowest BCUT2D eigenvalue weighted by atomic mass is 10.1. The van der Waals surface area contributed by atoms with Gasteiger partial charge in [0.25, 0.3) is 5.91 Å². The molecule has 2 aromatic rings. The highest BCUT2D eigenvalue weighted by atomic mass is 79.9. The summed E-state index contributed by atoms with van der Waals surface area (Å²) in [5, 5.41) is 13.5. The summed E-state index contributed by atoms with van der Waals surface area (Å²) in [5.41, 5.74) is 0.283. The Bertz CT molecular complexity index is 688. The number of benzene rings is 1. The molecule has 0 fully saturated rings. The van der Waals surface area contributed by atoms with E-state index in [9.17, 15) is 14.9 Å². The minimum absolute atomic E-state index is 0.0784. The number of pyridine rings is 1. The summed E-state index contributed by atoms with van der Waals surface area (Å²) in [5.74, 6) is -0.593. The minimum Gasteiger partial charge on any atom is -0.490 e. The molecule has 0 bridgehead atoms. The number of ether oxygens (including phenoxy) is 1. The number of carbonyl (C=O) groups is 1. The Morgan fingerprint density at radius 1 is 1.38 bits per heavy atom. The zero-order valence-electron chi connectivity index (χ0n) is 10.9. The third-order valence-corrected chi connectivity index (χ3v) is 3.09. The van der Waals surface area contributed by atoms with Crippen LogP contribution in [0.3, 0.4) is 0 Å². The molecule has 0 aliphatic carbocycles. The van der Waals surface area contributed by atoms with Gasteiger partial charge in [-0.1, -0.05) is 6.07 Å². The van der Waals surface area contributed by atoms with Gasteiger partial charge in [0.1, 0.15) is 4.60 Å². The van der Waals surface area contributed by atoms with Crippen molar-refractivity contribution in [3.63, 3.8) is 0 Å². The molecule has 0 atom stereocenters. The van der Waals surface area contributed by atoms with Gasteiger partial charge in [-0.05, 0) is 34.1 Å². The predicted molar refractivity (Wildman–Crippen MR) is 79.5 cm³/mol. The first-order valence-corrected chi connectivity index (χ1v) is 6.56. The van der Waals surface area contributed by atoms with E-state index in [0.29, 0.717) is 10.3 Å². The monoisotopic (exact) mass is 351 g/mol. The zero-order chi connectivity index (χ0) is 15.4. The van der Waals surface area contributed by atoms with E-state index in [-0.39, 0.29) is 17.0 Å². The Hall–Kier alpha value is -2.48. The molecule has 0 spiro atoms. The van der Waals surface area contributed by atoms with Gasteiger partial charge in [0.15, 0.2) is 0 Å². The van der Waals surface area contributed by atoms with Crippen LogP contribution < -0.4 is 10.1 Å². The fourth-order valence-electron chi connectivity index (χ4n) is 1.71. The topological polar surface area (TPSA) is 94.4 Å². The second kappa shape index (κ2) is 6.31. The Morgan fingerprint density at radius 3 is 2.71 bits per heavy atom. The van der Waals surface area contributed by atoms with Gasteiger partial charge in [-0.2, -0.15) is 0 Å². The molecule has 1 amide bonds. The van der Waals surface area contributed by atoms with Crippen LogP contribution in [0.15, 0.2) is 41.1 Å². The Labute approximate surface area is 128 Å². The molecule has 7 nitrogen and oxygen atoms in total. The van der Waals surface area contributed by atoms with Gasteiger partial charge >= 0.3 is 5.69 Å². The van der Waals surface area contributed by atoms with E-state index in [1.165, 1.54) is 31.5 Å². The molecule has 21 heavy (non-hydrogen) atoms. The number of halogens is 1. The van der Waals surface area contributed by atoms with Gasteiger partial charge in [-0.3, -0.25) is 14.9 Å². The second-order valence-corrected chi connectivity index (χ2v) is 4.75. The Morgan fingerprint density at radius 2 is 2.14 bits per heavy atom. The number of amides is 1. The van der Waals surface area contributed by atoms with Crippen molar-refractivity contribution in [2.24, 2.45) is 0 Å². The van der Waals surface area contributed by atoms with Crippen LogP contribution in [-0.4, -0.2) is 22.9 Å². The Kier molecular flexibility index (Phi) is 4.49. The third kappa shape index (κ3) is 3.34. The van der Waals surface area contributed by atoms with Crippen LogP contribution in [0.4, 0.5) is 11.4 Å². The number of nitrogens with zero attached hydrogens (tertiary/aromatic N) is 2. The number of aromatic nitrogens is 1. The molecule has 108 valence electrons. The van der Waals surface area contributed by atoms with Crippen LogP contribution in [0, 0.1) is 10.1 Å². The Balaban J connectivity index is 2.33. The maximum absolute atomic E-state index is 12.2. The number of nitro groups is 1. The first-order chi connectivity index (χ1) is 10.0. The van der Waals surface area contributed by atoms with Crippen molar-refractivity contribution in [1.82, 2.24) is 4.98 Å². The SMILES string of the molecule is COc1c(C(=O)Nc2ccc(Br)nc2)cccc1[N+](=O)[O-]. The van der Waals surface area contributed by atoms with Crippen molar-refractivity contribution in [3.8, 4) is 5.75 Å². The summed E-state index contributed by atoms with van der Waals surface area (Å²) in [6.45, 7) is 0. The van der Waals surface area contributed by atoms with E-state index in [2.05, 4.69) is 26.2 Å². The highest BCUT2D eigenvalue weighted by Crippen LogP contribution is 2.31. The van der Waals surface area contributed by atoms with Crippen molar-refractivity contribution < 1.29 is 14.5 Å². The first kappa shape index (κ1) is 14.9. The highest BCUT2D eigenvalue weighted by Gasteiger charge is 2.22. The quantitative estimate of drug-likeness (QED) is 0.519. The predicted octanol–water partition coefficient (Wildman–Crippen LogP) is 3.01. The summed E-state index contributed by atoms with van der Waals surface area (Å²) in [6, 6.07) is 7.47. The maximum Gasteiger partial charge on any atom is 0.311 e. The van der Waals surface area contributed by atoms with Crippen molar-refractivity contribution in [3.05, 3.63) is 56.8 Å². The first-order valence-electron chi connectivity index (χ1n) is 5.77. The maximum atomic E-state index is 12.2. The lowest BCUT2D eigenvalue weighted by Gasteiger charge is -2.09. The van der Waals surface area contributed by atoms with E-state index in [1.54, 1.807) is 12.1 Å². The molecule has 0 saturated heterocycles. The molecule has 1 aromatic heterocycles. The largest absolute Gasteiger partial charge is 0.490 e. The van der Waals surface area contributed by atoms with Crippen molar-refractivity contribution in [2.75, 3.05) is 12.4 Å². The lowest BCUT2D eigenvalue weighted by Crippen LogP contribution is -2.14. The normalized spacial score (nSPS) is 10.0. The summed E-state index contributed by atoms with van der Waals surface area (Å²) in [4.78, 5) is 26.5. The molecule has 0 radical (unpaired) electrons. The number of rotatable bonds is 4. The highest BCUT2D eigenvalue weighted by molar-refractivity contribution is 9.10. The number of nitrogens with one attached hydrogen (secondary N) is 1. The summed E-state index contributed by atoms with van der Waals surface area (Å²) >= 11 is 3.19. The summed E-state index contributed by atoms with van der Waals surface area (Å²) < 4.78 is 5.62. The molecular weight excluding hydrogens is 342 g/mol.